The van der Waals surface area contributed by atoms with E-state index in [0.717, 1.165) is 18.4 Å². The second kappa shape index (κ2) is 5.99. The molecule has 1 aromatic rings. The molecule has 1 unspecified atom stereocenters. The van der Waals surface area contributed by atoms with Crippen molar-refractivity contribution in [1.82, 2.24) is 5.32 Å². The Balaban J connectivity index is 1.91. The molecule has 1 fully saturated rings. The summed E-state index contributed by atoms with van der Waals surface area (Å²) in [5.41, 5.74) is 7.87. The van der Waals surface area contributed by atoms with E-state index in [2.05, 4.69) is 18.3 Å². The van der Waals surface area contributed by atoms with Crippen LogP contribution >= 0.6 is 0 Å². The van der Waals surface area contributed by atoms with Crippen LogP contribution in [0, 0.1) is 11.3 Å². The molecule has 18 heavy (non-hydrogen) atoms. The van der Waals surface area contributed by atoms with E-state index in [-0.39, 0.29) is 0 Å². The van der Waals surface area contributed by atoms with Crippen molar-refractivity contribution >= 4 is 0 Å². The maximum Gasteiger partial charge on any atom is 0.0991 e. The first-order valence-electron chi connectivity index (χ1n) is 6.70. The normalized spacial score (nSPS) is 25.4. The molecule has 1 aromatic carbocycles. The molecule has 1 atom stereocenters. The van der Waals surface area contributed by atoms with Gasteiger partial charge in [0.15, 0.2) is 0 Å². The van der Waals surface area contributed by atoms with E-state index in [1.54, 1.807) is 0 Å². The van der Waals surface area contributed by atoms with Gasteiger partial charge in [-0.25, -0.2) is 0 Å². The smallest absolute Gasteiger partial charge is 0.0991 e. The molecule has 0 saturated heterocycles. The summed E-state index contributed by atoms with van der Waals surface area (Å²) < 4.78 is 0. The fourth-order valence-corrected chi connectivity index (χ4v) is 2.58. The van der Waals surface area contributed by atoms with Crippen LogP contribution in [-0.4, -0.2) is 12.1 Å². The average molecular weight is 243 g/mol. The van der Waals surface area contributed by atoms with Crippen molar-refractivity contribution in [3.8, 4) is 6.07 Å². The Labute approximate surface area is 109 Å². The Morgan fingerprint density at radius 2 is 1.83 bits per heavy atom. The van der Waals surface area contributed by atoms with E-state index < -0.39 is 0 Å². The zero-order chi connectivity index (χ0) is 13.0. The third-order valence-corrected chi connectivity index (χ3v) is 3.80. The summed E-state index contributed by atoms with van der Waals surface area (Å²) in [6, 6.07) is 11.3. The van der Waals surface area contributed by atoms with Gasteiger partial charge in [-0.3, -0.25) is 0 Å². The van der Waals surface area contributed by atoms with Crippen LogP contribution in [0.3, 0.4) is 0 Å². The number of benzene rings is 1. The largest absolute Gasteiger partial charge is 0.328 e. The first kappa shape index (κ1) is 13.1. The number of nitriles is 1. The lowest BCUT2D eigenvalue weighted by atomic mass is 9.91. The van der Waals surface area contributed by atoms with E-state index in [0.29, 0.717) is 18.1 Å². The van der Waals surface area contributed by atoms with Gasteiger partial charge in [-0.1, -0.05) is 12.1 Å². The maximum absolute atomic E-state index is 8.78. The topological polar surface area (TPSA) is 61.8 Å². The van der Waals surface area contributed by atoms with E-state index in [4.69, 9.17) is 11.0 Å². The van der Waals surface area contributed by atoms with Crippen LogP contribution in [0.15, 0.2) is 24.3 Å². The molecule has 0 amide bonds. The minimum Gasteiger partial charge on any atom is -0.328 e. The first-order valence-corrected chi connectivity index (χ1v) is 6.70. The molecular formula is C15H21N3. The van der Waals surface area contributed by atoms with E-state index in [1.165, 1.54) is 18.4 Å². The summed E-state index contributed by atoms with van der Waals surface area (Å²) >= 11 is 0. The summed E-state index contributed by atoms with van der Waals surface area (Å²) in [5.74, 6) is 0. The molecule has 1 aliphatic rings. The highest BCUT2D eigenvalue weighted by molar-refractivity contribution is 5.32. The van der Waals surface area contributed by atoms with Crippen molar-refractivity contribution in [2.45, 2.75) is 50.7 Å². The summed E-state index contributed by atoms with van der Waals surface area (Å²) in [5, 5.41) is 12.4. The van der Waals surface area contributed by atoms with Gasteiger partial charge in [0, 0.05) is 18.1 Å². The molecule has 3 nitrogen and oxygen atoms in total. The average Bonchev–Trinajstić information content (AvgIpc) is 2.41. The minimum absolute atomic E-state index is 0.331. The van der Waals surface area contributed by atoms with E-state index >= 15 is 0 Å². The number of nitrogens with one attached hydrogen (secondary N) is 1. The van der Waals surface area contributed by atoms with Crippen molar-refractivity contribution in [3.05, 3.63) is 35.4 Å². The van der Waals surface area contributed by atoms with Crippen LogP contribution in [0.1, 0.15) is 49.8 Å². The quantitative estimate of drug-likeness (QED) is 0.857. The second-order valence-electron chi connectivity index (χ2n) is 5.23. The summed E-state index contributed by atoms with van der Waals surface area (Å²) in [6.45, 7) is 2.18. The molecule has 3 N–H and O–H groups in total. The van der Waals surface area contributed by atoms with Gasteiger partial charge < -0.3 is 11.1 Å². The molecule has 1 saturated carbocycles. The van der Waals surface area contributed by atoms with E-state index in [1.807, 2.05) is 24.3 Å². The summed E-state index contributed by atoms with van der Waals surface area (Å²) in [7, 11) is 0. The third kappa shape index (κ3) is 3.32. The predicted molar refractivity (Wildman–Crippen MR) is 72.9 cm³/mol. The fourth-order valence-electron chi connectivity index (χ4n) is 2.58. The van der Waals surface area contributed by atoms with Gasteiger partial charge in [0.2, 0.25) is 0 Å². The van der Waals surface area contributed by atoms with Crippen LogP contribution in [0.2, 0.25) is 0 Å². The second-order valence-corrected chi connectivity index (χ2v) is 5.23. The predicted octanol–water partition coefficient (Wildman–Crippen LogP) is 2.48. The van der Waals surface area contributed by atoms with Gasteiger partial charge in [-0.05, 0) is 50.3 Å². The van der Waals surface area contributed by atoms with Gasteiger partial charge in [-0.2, -0.15) is 5.26 Å². The number of hydrogen-bond donors (Lipinski definition) is 2. The lowest BCUT2D eigenvalue weighted by Gasteiger charge is -2.29. The summed E-state index contributed by atoms with van der Waals surface area (Å²) in [4.78, 5) is 0. The number of hydrogen-bond acceptors (Lipinski definition) is 3. The van der Waals surface area contributed by atoms with Crippen molar-refractivity contribution in [2.24, 2.45) is 5.73 Å². The number of nitrogens with two attached hydrogens (primary N) is 1. The SMILES string of the molecule is CC(NC1CCC(N)CC1)c1ccc(C#N)cc1. The molecule has 0 bridgehead atoms. The van der Waals surface area contributed by atoms with E-state index in [9.17, 15) is 0 Å². The molecule has 2 rings (SSSR count). The summed E-state index contributed by atoms with van der Waals surface area (Å²) in [6.07, 6.45) is 4.58. The van der Waals surface area contributed by atoms with Gasteiger partial charge in [-0.15, -0.1) is 0 Å². The molecule has 3 heteroatoms. The van der Waals surface area contributed by atoms with Crippen LogP contribution in [0.25, 0.3) is 0 Å². The molecule has 0 aliphatic heterocycles. The maximum atomic E-state index is 8.78. The van der Waals surface area contributed by atoms with Crippen LogP contribution in [-0.2, 0) is 0 Å². The zero-order valence-corrected chi connectivity index (χ0v) is 10.9. The van der Waals surface area contributed by atoms with Crippen molar-refractivity contribution in [2.75, 3.05) is 0 Å². The highest BCUT2D eigenvalue weighted by atomic mass is 14.9. The fraction of sp³-hybridized carbons (Fsp3) is 0.533. The highest BCUT2D eigenvalue weighted by Gasteiger charge is 2.20. The number of nitrogens with zero attached hydrogens (tertiary/aromatic N) is 1. The molecule has 0 aromatic heterocycles. The standard InChI is InChI=1S/C15H21N3/c1-11(13-4-2-12(10-16)3-5-13)18-15-8-6-14(17)7-9-15/h2-5,11,14-15,18H,6-9,17H2,1H3. The molecule has 96 valence electrons. The molecule has 0 spiro atoms. The van der Waals surface area contributed by atoms with Crippen LogP contribution in [0.5, 0.6) is 0 Å². The monoisotopic (exact) mass is 243 g/mol. The molecular weight excluding hydrogens is 222 g/mol. The van der Waals surface area contributed by atoms with Gasteiger partial charge in [0.25, 0.3) is 0 Å². The Morgan fingerprint density at radius 3 is 2.39 bits per heavy atom. The Bertz CT molecular complexity index is 410. The zero-order valence-electron chi connectivity index (χ0n) is 10.9. The van der Waals surface area contributed by atoms with Gasteiger partial charge in [0.05, 0.1) is 11.6 Å². The lowest BCUT2D eigenvalue weighted by Crippen LogP contribution is -2.38. The molecule has 0 heterocycles. The molecule has 1 aliphatic carbocycles. The van der Waals surface area contributed by atoms with Gasteiger partial charge in [0.1, 0.15) is 0 Å². The van der Waals surface area contributed by atoms with Crippen molar-refractivity contribution < 1.29 is 0 Å². The Hall–Kier alpha value is -1.37. The first-order chi connectivity index (χ1) is 8.69. The van der Waals surface area contributed by atoms with Crippen molar-refractivity contribution in [3.63, 3.8) is 0 Å². The Kier molecular flexibility index (Phi) is 4.35. The molecule has 0 radical (unpaired) electrons. The Morgan fingerprint density at radius 1 is 1.22 bits per heavy atom. The van der Waals surface area contributed by atoms with Crippen LogP contribution in [0.4, 0.5) is 0 Å². The number of rotatable bonds is 3. The highest BCUT2D eigenvalue weighted by Crippen LogP contribution is 2.21. The minimum atomic E-state index is 0.331. The lowest BCUT2D eigenvalue weighted by molar-refractivity contribution is 0.322. The van der Waals surface area contributed by atoms with Crippen molar-refractivity contribution in [1.29, 1.82) is 5.26 Å². The van der Waals surface area contributed by atoms with Gasteiger partial charge >= 0.3 is 0 Å². The van der Waals surface area contributed by atoms with Crippen LogP contribution < -0.4 is 11.1 Å². The third-order valence-electron chi connectivity index (χ3n) is 3.80.